The summed E-state index contributed by atoms with van der Waals surface area (Å²) in [5, 5.41) is 0.442. The van der Waals surface area contributed by atoms with Gasteiger partial charge in [-0.2, -0.15) is 0 Å². The molecule has 0 saturated heterocycles. The molecule has 1 aliphatic rings. The molecule has 122 valence electrons. The van der Waals surface area contributed by atoms with Gasteiger partial charge in [-0.15, -0.1) is 11.8 Å². The van der Waals surface area contributed by atoms with Crippen LogP contribution in [0.1, 0.15) is 37.7 Å². The Morgan fingerprint density at radius 1 is 1.23 bits per heavy atom. The number of nitrogens with zero attached hydrogens (tertiary/aromatic N) is 1. The van der Waals surface area contributed by atoms with Crippen molar-refractivity contribution < 1.29 is 9.53 Å². The number of hydrogen-bond donors (Lipinski definition) is 0. The smallest absolute Gasteiger partial charge is 0.307 e. The highest BCUT2D eigenvalue weighted by atomic mass is 32.2. The van der Waals surface area contributed by atoms with Crippen molar-refractivity contribution in [1.82, 2.24) is 4.90 Å². The van der Waals surface area contributed by atoms with E-state index in [-0.39, 0.29) is 12.1 Å². The predicted molar refractivity (Wildman–Crippen MR) is 93.0 cm³/mol. The number of benzene rings is 1. The van der Waals surface area contributed by atoms with E-state index in [0.29, 0.717) is 11.7 Å². The van der Waals surface area contributed by atoms with Crippen molar-refractivity contribution in [2.24, 2.45) is 0 Å². The van der Waals surface area contributed by atoms with Crippen LogP contribution in [0.2, 0.25) is 0 Å². The maximum atomic E-state index is 12.0. The van der Waals surface area contributed by atoms with Gasteiger partial charge in [0.1, 0.15) is 6.10 Å². The second-order valence-electron chi connectivity index (χ2n) is 6.20. The normalized spacial score (nSPS) is 21.8. The van der Waals surface area contributed by atoms with Crippen molar-refractivity contribution in [3.8, 4) is 0 Å². The van der Waals surface area contributed by atoms with E-state index in [1.807, 2.05) is 36.8 Å². The Kier molecular flexibility index (Phi) is 7.26. The Morgan fingerprint density at radius 2 is 1.95 bits per heavy atom. The fourth-order valence-electron chi connectivity index (χ4n) is 2.71. The van der Waals surface area contributed by atoms with Crippen molar-refractivity contribution in [2.75, 3.05) is 20.6 Å². The lowest BCUT2D eigenvalue weighted by molar-refractivity contribution is -0.150. The average Bonchev–Trinajstić information content (AvgIpc) is 2.53. The molecule has 1 fully saturated rings. The summed E-state index contributed by atoms with van der Waals surface area (Å²) in [5.41, 5.74) is 1.34. The third kappa shape index (κ3) is 6.01. The molecule has 2 rings (SSSR count). The molecular formula is C18H27NO2S. The Morgan fingerprint density at radius 3 is 2.68 bits per heavy atom. The maximum Gasteiger partial charge on any atom is 0.307 e. The fourth-order valence-corrected chi connectivity index (χ4v) is 4.05. The molecule has 22 heavy (non-hydrogen) atoms. The van der Waals surface area contributed by atoms with Gasteiger partial charge in [-0.3, -0.25) is 4.79 Å². The third-order valence-corrected chi connectivity index (χ3v) is 5.46. The first kappa shape index (κ1) is 17.4. The van der Waals surface area contributed by atoms with Crippen LogP contribution in [-0.2, 0) is 15.3 Å². The highest BCUT2D eigenvalue weighted by molar-refractivity contribution is 7.99. The summed E-state index contributed by atoms with van der Waals surface area (Å²) >= 11 is 1.94. The molecule has 0 bridgehead atoms. The Balaban J connectivity index is 1.81. The summed E-state index contributed by atoms with van der Waals surface area (Å²) in [5.74, 6) is 0.947. The van der Waals surface area contributed by atoms with E-state index in [9.17, 15) is 4.79 Å². The summed E-state index contributed by atoms with van der Waals surface area (Å²) in [6.07, 6.45) is 5.17. The molecule has 1 aromatic rings. The molecule has 0 radical (unpaired) electrons. The van der Waals surface area contributed by atoms with Gasteiger partial charge in [0.15, 0.2) is 0 Å². The molecule has 0 N–H and O–H groups in total. The number of thioether (sulfide) groups is 1. The van der Waals surface area contributed by atoms with Crippen LogP contribution in [0.15, 0.2) is 30.3 Å². The number of carbonyl (C=O) groups is 1. The van der Waals surface area contributed by atoms with Gasteiger partial charge in [-0.1, -0.05) is 36.8 Å². The van der Waals surface area contributed by atoms with Crippen LogP contribution in [0.3, 0.4) is 0 Å². The second kappa shape index (κ2) is 9.21. The predicted octanol–water partition coefficient (Wildman–Crippen LogP) is 3.73. The number of esters is 1. The minimum absolute atomic E-state index is 0.0501. The van der Waals surface area contributed by atoms with Gasteiger partial charge in [-0.25, -0.2) is 0 Å². The molecule has 0 aromatic heterocycles. The van der Waals surface area contributed by atoms with Crippen LogP contribution < -0.4 is 0 Å². The highest BCUT2D eigenvalue weighted by Gasteiger charge is 2.28. The first-order valence-electron chi connectivity index (χ1n) is 8.15. The Hall–Kier alpha value is -1.00. The van der Waals surface area contributed by atoms with Crippen LogP contribution in [-0.4, -0.2) is 42.9 Å². The van der Waals surface area contributed by atoms with E-state index in [0.717, 1.165) is 25.1 Å². The van der Waals surface area contributed by atoms with Gasteiger partial charge in [0.25, 0.3) is 0 Å². The van der Waals surface area contributed by atoms with E-state index in [1.54, 1.807) is 0 Å². The zero-order valence-electron chi connectivity index (χ0n) is 13.7. The molecule has 1 saturated carbocycles. The molecule has 4 heteroatoms. The highest BCUT2D eigenvalue weighted by Crippen LogP contribution is 2.32. The quantitative estimate of drug-likeness (QED) is 0.716. The number of ether oxygens (including phenoxy) is 1. The number of rotatable bonds is 7. The van der Waals surface area contributed by atoms with E-state index in [1.165, 1.54) is 18.4 Å². The van der Waals surface area contributed by atoms with Crippen molar-refractivity contribution in [1.29, 1.82) is 0 Å². The fraction of sp³-hybridized carbons (Fsp3) is 0.611. The summed E-state index contributed by atoms with van der Waals surface area (Å²) in [7, 11) is 3.96. The first-order chi connectivity index (χ1) is 10.6. The third-order valence-electron chi connectivity index (χ3n) is 3.99. The molecule has 0 unspecified atom stereocenters. The second-order valence-corrected chi connectivity index (χ2v) is 7.43. The van der Waals surface area contributed by atoms with E-state index >= 15 is 0 Å². The zero-order valence-corrected chi connectivity index (χ0v) is 14.5. The summed E-state index contributed by atoms with van der Waals surface area (Å²) in [6.45, 7) is 0.757. The summed E-state index contributed by atoms with van der Waals surface area (Å²) in [6, 6.07) is 10.5. The lowest BCUT2D eigenvalue weighted by Gasteiger charge is -2.31. The van der Waals surface area contributed by atoms with Gasteiger partial charge >= 0.3 is 5.97 Å². The number of hydrogen-bond acceptors (Lipinski definition) is 4. The van der Waals surface area contributed by atoms with Crippen molar-refractivity contribution in [3.63, 3.8) is 0 Å². The Labute approximate surface area is 138 Å². The lowest BCUT2D eigenvalue weighted by Crippen LogP contribution is -2.33. The van der Waals surface area contributed by atoms with Gasteiger partial charge < -0.3 is 9.64 Å². The number of carbonyl (C=O) groups excluding carboxylic acids is 1. The molecule has 0 heterocycles. The monoisotopic (exact) mass is 321 g/mol. The van der Waals surface area contributed by atoms with Crippen molar-refractivity contribution >= 4 is 17.7 Å². The van der Waals surface area contributed by atoms with E-state index in [4.69, 9.17) is 4.74 Å². The Bertz CT molecular complexity index is 450. The van der Waals surface area contributed by atoms with Crippen LogP contribution in [0.25, 0.3) is 0 Å². The standard InChI is InChI=1S/C18H27NO2S/c1-19(2)13-12-18(20)21-16-10-6-7-11-17(16)22-14-15-8-4-3-5-9-15/h3-5,8-9,16-17H,6-7,10-14H2,1-2H3/t16-,17-/m0/s1. The molecule has 2 atom stereocenters. The van der Waals surface area contributed by atoms with Crippen LogP contribution in [0.4, 0.5) is 0 Å². The van der Waals surface area contributed by atoms with E-state index in [2.05, 4.69) is 24.3 Å². The van der Waals surface area contributed by atoms with Crippen LogP contribution >= 0.6 is 11.8 Å². The average molecular weight is 321 g/mol. The summed E-state index contributed by atoms with van der Waals surface area (Å²) < 4.78 is 5.76. The molecule has 0 amide bonds. The molecule has 1 aromatic carbocycles. The largest absolute Gasteiger partial charge is 0.461 e. The van der Waals surface area contributed by atoms with Gasteiger partial charge in [0.05, 0.1) is 6.42 Å². The summed E-state index contributed by atoms with van der Waals surface area (Å²) in [4.78, 5) is 14.0. The van der Waals surface area contributed by atoms with Gasteiger partial charge in [-0.05, 0) is 38.9 Å². The minimum Gasteiger partial charge on any atom is -0.461 e. The van der Waals surface area contributed by atoms with Crippen molar-refractivity contribution in [3.05, 3.63) is 35.9 Å². The van der Waals surface area contributed by atoms with Crippen LogP contribution in [0.5, 0.6) is 0 Å². The minimum atomic E-state index is -0.0501. The molecule has 1 aliphatic carbocycles. The molecule has 0 spiro atoms. The van der Waals surface area contributed by atoms with Crippen LogP contribution in [0, 0.1) is 0 Å². The maximum absolute atomic E-state index is 12.0. The van der Waals surface area contributed by atoms with E-state index < -0.39 is 0 Å². The van der Waals surface area contributed by atoms with Gasteiger partial charge in [0, 0.05) is 17.5 Å². The topological polar surface area (TPSA) is 29.5 Å². The first-order valence-corrected chi connectivity index (χ1v) is 9.20. The molecular weight excluding hydrogens is 294 g/mol. The van der Waals surface area contributed by atoms with Crippen molar-refractivity contribution in [2.45, 2.75) is 49.2 Å². The molecule has 0 aliphatic heterocycles. The SMILES string of the molecule is CN(C)CCC(=O)O[C@H]1CCCC[C@@H]1SCc1ccccc1. The molecule has 3 nitrogen and oxygen atoms in total. The lowest BCUT2D eigenvalue weighted by atomic mass is 9.97. The van der Waals surface area contributed by atoms with Gasteiger partial charge in [0.2, 0.25) is 0 Å². The zero-order chi connectivity index (χ0) is 15.8.